The Morgan fingerprint density at radius 1 is 0.358 bits per heavy atom. The predicted octanol–water partition coefficient (Wildman–Crippen LogP) is 10.6. The first kappa shape index (κ1) is 31.1. The average Bonchev–Trinajstić information content (AvgIpc) is 3.24. The standard InChI is InChI=1S/C50H36N2Si/c1-4-22-39(23-5-1)51-47-30-14-15-33-49(47)53(41-24-6-2-7-25-41,42-26-8-3-9-27-42)50-35-34-40(36-48(50)51)52(45-31-16-20-37-18-10-12-28-43(37)45)46-32-17-21-38-19-11-13-29-44(38)46/h1-36H. The lowest BCUT2D eigenvalue weighted by molar-refractivity contribution is 1.26. The summed E-state index contributed by atoms with van der Waals surface area (Å²) in [6, 6.07) is 80.5. The molecule has 0 atom stereocenters. The number of nitrogens with zero attached hydrogens (tertiary/aromatic N) is 2. The van der Waals surface area contributed by atoms with E-state index in [1.807, 2.05) is 0 Å². The molecule has 0 amide bonds. The highest BCUT2D eigenvalue weighted by Gasteiger charge is 2.49. The van der Waals surface area contributed by atoms with Crippen LogP contribution in [0.5, 0.6) is 0 Å². The van der Waals surface area contributed by atoms with E-state index in [9.17, 15) is 0 Å². The third-order valence-electron chi connectivity index (χ3n) is 10.9. The Balaban J connectivity index is 1.33. The van der Waals surface area contributed by atoms with Gasteiger partial charge in [-0.3, -0.25) is 0 Å². The topological polar surface area (TPSA) is 6.48 Å². The Kier molecular flexibility index (Phi) is 7.52. The van der Waals surface area contributed by atoms with Gasteiger partial charge in [0.25, 0.3) is 0 Å². The van der Waals surface area contributed by atoms with E-state index in [1.165, 1.54) is 53.7 Å². The molecule has 2 nitrogen and oxygen atoms in total. The second kappa shape index (κ2) is 12.8. The second-order valence-corrected chi connectivity index (χ2v) is 17.4. The molecule has 9 aromatic rings. The maximum absolute atomic E-state index is 2.81. The Labute approximate surface area is 311 Å². The van der Waals surface area contributed by atoms with Gasteiger partial charge in [0.05, 0.1) is 11.4 Å². The van der Waals surface area contributed by atoms with E-state index in [-0.39, 0.29) is 0 Å². The van der Waals surface area contributed by atoms with Crippen LogP contribution < -0.4 is 30.5 Å². The molecule has 0 unspecified atom stereocenters. The molecule has 0 saturated heterocycles. The smallest absolute Gasteiger partial charge is 0.184 e. The molecule has 0 aliphatic carbocycles. The number of rotatable bonds is 6. The largest absolute Gasteiger partial charge is 0.311 e. The molecular formula is C50H36N2Si. The van der Waals surface area contributed by atoms with Gasteiger partial charge in [-0.25, -0.2) is 0 Å². The van der Waals surface area contributed by atoms with Crippen molar-refractivity contribution < 1.29 is 0 Å². The molecule has 0 N–H and O–H groups in total. The van der Waals surface area contributed by atoms with Gasteiger partial charge in [-0.1, -0.05) is 176 Å². The van der Waals surface area contributed by atoms with E-state index in [4.69, 9.17) is 0 Å². The highest BCUT2D eigenvalue weighted by molar-refractivity contribution is 7.21. The van der Waals surface area contributed by atoms with Crippen LogP contribution in [0.15, 0.2) is 218 Å². The van der Waals surface area contributed by atoms with Crippen LogP contribution in [0.3, 0.4) is 0 Å². The lowest BCUT2D eigenvalue weighted by atomic mass is 10.0. The highest BCUT2D eigenvalue weighted by Crippen LogP contribution is 2.45. The van der Waals surface area contributed by atoms with Gasteiger partial charge in [0.1, 0.15) is 0 Å². The molecule has 0 bridgehead atoms. The Bertz CT molecular complexity index is 2620. The summed E-state index contributed by atoms with van der Waals surface area (Å²) in [5, 5.41) is 10.4. The fourth-order valence-electron chi connectivity index (χ4n) is 8.66. The lowest BCUT2D eigenvalue weighted by Gasteiger charge is -2.45. The van der Waals surface area contributed by atoms with E-state index < -0.39 is 8.07 Å². The van der Waals surface area contributed by atoms with Crippen molar-refractivity contribution in [2.75, 3.05) is 9.80 Å². The summed E-state index contributed by atoms with van der Waals surface area (Å²) in [5.41, 5.74) is 6.99. The molecule has 10 rings (SSSR count). The lowest BCUT2D eigenvalue weighted by Crippen LogP contribution is -2.77. The summed E-state index contributed by atoms with van der Waals surface area (Å²) in [5.74, 6) is 0. The minimum Gasteiger partial charge on any atom is -0.311 e. The van der Waals surface area contributed by atoms with Crippen molar-refractivity contribution in [2.45, 2.75) is 0 Å². The summed E-state index contributed by atoms with van der Waals surface area (Å²) < 4.78 is 0. The van der Waals surface area contributed by atoms with Crippen LogP contribution in [0.2, 0.25) is 0 Å². The first-order valence-electron chi connectivity index (χ1n) is 18.3. The van der Waals surface area contributed by atoms with Crippen molar-refractivity contribution in [2.24, 2.45) is 0 Å². The molecular weight excluding hydrogens is 657 g/mol. The molecule has 0 radical (unpaired) electrons. The maximum Gasteiger partial charge on any atom is 0.184 e. The van der Waals surface area contributed by atoms with E-state index >= 15 is 0 Å². The number of para-hydroxylation sites is 2. The Hall–Kier alpha value is -6.68. The first-order valence-corrected chi connectivity index (χ1v) is 20.3. The van der Waals surface area contributed by atoms with Crippen molar-refractivity contribution in [3.63, 3.8) is 0 Å². The first-order chi connectivity index (χ1) is 26.3. The van der Waals surface area contributed by atoms with E-state index in [2.05, 4.69) is 228 Å². The Morgan fingerprint density at radius 2 is 0.830 bits per heavy atom. The quantitative estimate of drug-likeness (QED) is 0.160. The number of benzene rings is 9. The SMILES string of the molecule is c1ccc(N2c3ccccc3[Si](c3ccccc3)(c3ccccc3)c3ccc(N(c4cccc5ccccc45)c4cccc5ccccc45)cc32)cc1. The molecule has 1 aliphatic heterocycles. The number of anilines is 6. The van der Waals surface area contributed by atoms with E-state index in [0.717, 1.165) is 22.7 Å². The summed E-state index contributed by atoms with van der Waals surface area (Å²) in [4.78, 5) is 4.97. The van der Waals surface area contributed by atoms with Crippen LogP contribution in [-0.4, -0.2) is 8.07 Å². The fourth-order valence-corrected chi connectivity index (χ4v) is 13.7. The number of hydrogen-bond acceptors (Lipinski definition) is 2. The molecule has 1 heterocycles. The van der Waals surface area contributed by atoms with Gasteiger partial charge >= 0.3 is 0 Å². The number of hydrogen-bond donors (Lipinski definition) is 0. The predicted molar refractivity (Wildman–Crippen MR) is 228 cm³/mol. The highest BCUT2D eigenvalue weighted by atomic mass is 28.3. The third kappa shape index (κ3) is 4.93. The summed E-state index contributed by atoms with van der Waals surface area (Å²) in [7, 11) is -2.81. The van der Waals surface area contributed by atoms with Gasteiger partial charge in [-0.15, -0.1) is 0 Å². The van der Waals surface area contributed by atoms with E-state index in [0.29, 0.717) is 0 Å². The molecule has 250 valence electrons. The second-order valence-electron chi connectivity index (χ2n) is 13.7. The molecule has 0 spiro atoms. The van der Waals surface area contributed by atoms with Gasteiger partial charge in [0.2, 0.25) is 0 Å². The minimum atomic E-state index is -2.81. The van der Waals surface area contributed by atoms with Crippen molar-refractivity contribution in [3.05, 3.63) is 218 Å². The third-order valence-corrected chi connectivity index (χ3v) is 15.7. The van der Waals surface area contributed by atoms with Gasteiger partial charge in [0, 0.05) is 33.5 Å². The zero-order chi connectivity index (χ0) is 35.2. The molecule has 0 aromatic heterocycles. The number of fused-ring (bicyclic) bond motifs is 4. The molecule has 1 aliphatic rings. The Morgan fingerprint density at radius 3 is 1.43 bits per heavy atom. The van der Waals surface area contributed by atoms with Crippen molar-refractivity contribution in [1.82, 2.24) is 0 Å². The van der Waals surface area contributed by atoms with Crippen LogP contribution in [0, 0.1) is 0 Å². The minimum absolute atomic E-state index is 1.11. The van der Waals surface area contributed by atoms with Crippen molar-refractivity contribution in [1.29, 1.82) is 0 Å². The van der Waals surface area contributed by atoms with Gasteiger partial charge in [-0.2, -0.15) is 0 Å². The van der Waals surface area contributed by atoms with Crippen LogP contribution in [-0.2, 0) is 0 Å². The fraction of sp³-hybridized carbons (Fsp3) is 0. The van der Waals surface area contributed by atoms with Crippen LogP contribution in [0.1, 0.15) is 0 Å². The van der Waals surface area contributed by atoms with Crippen LogP contribution >= 0.6 is 0 Å². The molecule has 0 saturated carbocycles. The molecule has 3 heteroatoms. The average molecular weight is 693 g/mol. The monoisotopic (exact) mass is 692 g/mol. The van der Waals surface area contributed by atoms with Crippen molar-refractivity contribution in [3.8, 4) is 0 Å². The summed E-state index contributed by atoms with van der Waals surface area (Å²) in [6.07, 6.45) is 0. The summed E-state index contributed by atoms with van der Waals surface area (Å²) in [6.45, 7) is 0. The molecule has 9 aromatic carbocycles. The zero-order valence-corrected chi connectivity index (χ0v) is 30.2. The summed E-state index contributed by atoms with van der Waals surface area (Å²) >= 11 is 0. The zero-order valence-electron chi connectivity index (χ0n) is 29.2. The van der Waals surface area contributed by atoms with Crippen LogP contribution in [0.25, 0.3) is 21.5 Å². The molecule has 0 fully saturated rings. The van der Waals surface area contributed by atoms with E-state index in [1.54, 1.807) is 0 Å². The van der Waals surface area contributed by atoms with Crippen molar-refractivity contribution >= 4 is 84.5 Å². The van der Waals surface area contributed by atoms with Gasteiger partial charge in [-0.05, 0) is 74.0 Å². The normalized spacial score (nSPS) is 13.0. The molecule has 53 heavy (non-hydrogen) atoms. The maximum atomic E-state index is 2.50. The van der Waals surface area contributed by atoms with Gasteiger partial charge in [0.15, 0.2) is 8.07 Å². The van der Waals surface area contributed by atoms with Crippen LogP contribution in [0.4, 0.5) is 34.1 Å². The van der Waals surface area contributed by atoms with Gasteiger partial charge < -0.3 is 9.80 Å².